The van der Waals surface area contributed by atoms with E-state index in [1.807, 2.05) is 0 Å². The number of halogens is 4. The first-order chi connectivity index (χ1) is 16.7. The summed E-state index contributed by atoms with van der Waals surface area (Å²) in [5.41, 5.74) is 0.681. The summed E-state index contributed by atoms with van der Waals surface area (Å²) in [6.07, 6.45) is -0.363. The Balaban J connectivity index is 1.71. The predicted octanol–water partition coefficient (Wildman–Crippen LogP) is 3.47. The number of aromatic nitrogens is 3. The minimum Gasteiger partial charge on any atom is -0.493 e. The number of nitrogens with one attached hydrogen (secondary N) is 1. The van der Waals surface area contributed by atoms with Gasteiger partial charge in [0.2, 0.25) is 5.88 Å². The van der Waals surface area contributed by atoms with Gasteiger partial charge >= 0.3 is 11.0 Å². The number of imidazole rings is 1. The first-order valence-corrected chi connectivity index (χ1v) is 11.4. The number of benzene rings is 2. The molecule has 1 aliphatic rings. The maximum Gasteiger partial charge on any atom is 0.416 e. The molecular formula is C23H15ClF3N5O2S. The van der Waals surface area contributed by atoms with Crippen molar-refractivity contribution in [2.24, 2.45) is 10.2 Å². The van der Waals surface area contributed by atoms with Crippen LogP contribution in [0.3, 0.4) is 0 Å². The van der Waals surface area contributed by atoms with Crippen LogP contribution >= 0.6 is 22.9 Å². The lowest BCUT2D eigenvalue weighted by Gasteiger charge is -2.15. The third kappa shape index (κ3) is 4.52. The highest BCUT2D eigenvalue weighted by Crippen LogP contribution is 2.37. The van der Waals surface area contributed by atoms with Gasteiger partial charge < -0.3 is 10.1 Å². The molecule has 4 aromatic rings. The first-order valence-electron chi connectivity index (χ1n) is 10.2. The molecule has 2 N–H and O–H groups in total. The van der Waals surface area contributed by atoms with Crippen LogP contribution < -0.4 is 15.4 Å². The Kier molecular flexibility index (Phi) is 5.81. The van der Waals surface area contributed by atoms with E-state index in [-0.39, 0.29) is 34.3 Å². The number of H-pyrrole nitrogens is 1. The number of hydrogen-bond donors (Lipinski definition) is 2. The molecule has 0 unspecified atom stereocenters. The smallest absolute Gasteiger partial charge is 0.416 e. The molecule has 0 aliphatic carbocycles. The fourth-order valence-electron chi connectivity index (χ4n) is 3.84. The molecule has 0 spiro atoms. The molecule has 2 aromatic carbocycles. The van der Waals surface area contributed by atoms with Gasteiger partial charge in [0, 0.05) is 23.2 Å². The molecule has 7 nitrogen and oxygen atoms in total. The molecule has 12 heteroatoms. The van der Waals surface area contributed by atoms with Gasteiger partial charge in [-0.1, -0.05) is 35.1 Å². The van der Waals surface area contributed by atoms with E-state index in [2.05, 4.69) is 20.2 Å². The average molecular weight is 518 g/mol. The maximum atomic E-state index is 13.8. The van der Waals surface area contributed by atoms with Crippen LogP contribution in [0.4, 0.5) is 13.2 Å². The van der Waals surface area contributed by atoms with Crippen molar-refractivity contribution in [3.8, 4) is 5.88 Å². The summed E-state index contributed by atoms with van der Waals surface area (Å²) in [6.45, 7) is 0.0267. The van der Waals surface area contributed by atoms with Gasteiger partial charge in [-0.05, 0) is 40.6 Å². The van der Waals surface area contributed by atoms with Crippen LogP contribution in [-0.2, 0) is 19.1 Å². The molecule has 0 saturated heterocycles. The summed E-state index contributed by atoms with van der Waals surface area (Å²) < 4.78 is 42.6. The van der Waals surface area contributed by atoms with E-state index >= 15 is 0 Å². The number of nitrogens with zero attached hydrogens (tertiary/aromatic N) is 4. The van der Waals surface area contributed by atoms with Gasteiger partial charge in [0.25, 0.3) is 0 Å². The second-order valence-corrected chi connectivity index (χ2v) is 9.15. The molecule has 35 heavy (non-hydrogen) atoms. The van der Waals surface area contributed by atoms with Gasteiger partial charge in [-0.3, -0.25) is 9.36 Å². The Labute approximate surface area is 204 Å². The summed E-state index contributed by atoms with van der Waals surface area (Å²) in [5.74, 6) is -0.342. The van der Waals surface area contributed by atoms with Gasteiger partial charge in [-0.2, -0.15) is 23.4 Å². The SMILES string of the molecule is O=c1sc(C(Cc2ccc(Cl)cc2C(F)(F)F)=c2ccc3c(c2)C=NN=3)c(O)n1Cc1cnc[nH]1. The molecule has 2 aromatic heterocycles. The topological polar surface area (TPSA) is 95.6 Å². The fourth-order valence-corrected chi connectivity index (χ4v) is 4.96. The molecule has 5 rings (SSSR count). The van der Waals surface area contributed by atoms with Crippen molar-refractivity contribution >= 4 is 34.7 Å². The van der Waals surface area contributed by atoms with Gasteiger partial charge in [0.15, 0.2) is 0 Å². The zero-order chi connectivity index (χ0) is 24.7. The predicted molar refractivity (Wildman–Crippen MR) is 125 cm³/mol. The normalized spacial score (nSPS) is 13.6. The Morgan fingerprint density at radius 3 is 2.77 bits per heavy atom. The van der Waals surface area contributed by atoms with E-state index in [1.54, 1.807) is 18.2 Å². The zero-order valence-electron chi connectivity index (χ0n) is 17.7. The number of aromatic hydroxyl groups is 1. The van der Waals surface area contributed by atoms with Crippen molar-refractivity contribution in [1.82, 2.24) is 14.5 Å². The molecule has 0 atom stereocenters. The van der Waals surface area contributed by atoms with E-state index in [4.69, 9.17) is 11.6 Å². The van der Waals surface area contributed by atoms with Gasteiger partial charge in [-0.15, -0.1) is 0 Å². The second-order valence-electron chi connectivity index (χ2n) is 7.76. The van der Waals surface area contributed by atoms with E-state index in [0.717, 1.165) is 22.0 Å². The number of hydrogen-bond acceptors (Lipinski definition) is 6. The number of rotatable bonds is 5. The molecule has 1 aliphatic heterocycles. The Hall–Kier alpha value is -3.70. The third-order valence-electron chi connectivity index (χ3n) is 5.51. The fraction of sp³-hybridized carbons (Fsp3) is 0.130. The van der Waals surface area contributed by atoms with Crippen LogP contribution in [-0.4, -0.2) is 25.9 Å². The van der Waals surface area contributed by atoms with Crippen molar-refractivity contribution < 1.29 is 18.3 Å². The van der Waals surface area contributed by atoms with E-state index in [9.17, 15) is 23.1 Å². The molecule has 0 amide bonds. The monoisotopic (exact) mass is 517 g/mol. The van der Waals surface area contributed by atoms with Crippen molar-refractivity contribution in [2.45, 2.75) is 19.1 Å². The molecule has 0 saturated carbocycles. The lowest BCUT2D eigenvalue weighted by molar-refractivity contribution is -0.138. The first kappa shape index (κ1) is 23.1. The quantitative estimate of drug-likeness (QED) is 0.424. The molecule has 3 heterocycles. The summed E-state index contributed by atoms with van der Waals surface area (Å²) in [4.78, 5) is 19.2. The van der Waals surface area contributed by atoms with E-state index in [0.29, 0.717) is 27.4 Å². The van der Waals surface area contributed by atoms with E-state index in [1.165, 1.54) is 30.9 Å². The Bertz CT molecular complexity index is 1640. The van der Waals surface area contributed by atoms with Crippen LogP contribution in [0.5, 0.6) is 5.88 Å². The lowest BCUT2D eigenvalue weighted by Crippen LogP contribution is -2.17. The van der Waals surface area contributed by atoms with Crippen molar-refractivity contribution in [3.05, 3.63) is 101 Å². The zero-order valence-corrected chi connectivity index (χ0v) is 19.2. The summed E-state index contributed by atoms with van der Waals surface area (Å²) in [7, 11) is 0. The highest BCUT2D eigenvalue weighted by Gasteiger charge is 2.34. The van der Waals surface area contributed by atoms with Gasteiger partial charge in [-0.25, -0.2) is 4.98 Å². The molecular weight excluding hydrogens is 503 g/mol. The minimum absolute atomic E-state index is 0.0267. The maximum absolute atomic E-state index is 13.8. The Morgan fingerprint density at radius 2 is 2.03 bits per heavy atom. The van der Waals surface area contributed by atoms with Crippen LogP contribution in [0.2, 0.25) is 5.02 Å². The van der Waals surface area contributed by atoms with Gasteiger partial charge in [0.05, 0.1) is 40.6 Å². The minimum atomic E-state index is -4.64. The molecule has 0 fully saturated rings. The van der Waals surface area contributed by atoms with Gasteiger partial charge in [0.1, 0.15) is 0 Å². The molecule has 0 bridgehead atoms. The number of thiazole rings is 1. The molecule has 0 radical (unpaired) electrons. The summed E-state index contributed by atoms with van der Waals surface area (Å²) in [6, 6.07) is 8.63. The third-order valence-corrected chi connectivity index (χ3v) is 6.77. The standard InChI is InChI=1S/C23H15ClF3N5O2S/c24-15-3-1-13(18(7-15)23(25,26)27)6-17(12-2-4-19-14(5-12)8-30-31-19)20-21(33)32(22(34)35-20)10-16-9-28-11-29-16/h1-5,7-9,11,33H,6,10H2,(H,28,29). The largest absolute Gasteiger partial charge is 0.493 e. The van der Waals surface area contributed by atoms with Crippen LogP contribution in [0, 0.1) is 0 Å². The van der Waals surface area contributed by atoms with Crippen molar-refractivity contribution in [2.75, 3.05) is 0 Å². The Morgan fingerprint density at radius 1 is 1.20 bits per heavy atom. The van der Waals surface area contributed by atoms with E-state index < -0.39 is 16.6 Å². The number of alkyl halides is 3. The highest BCUT2D eigenvalue weighted by molar-refractivity contribution is 7.10. The van der Waals surface area contributed by atoms with Crippen LogP contribution in [0.1, 0.15) is 27.3 Å². The second kappa shape index (κ2) is 8.82. The van der Waals surface area contributed by atoms with Crippen molar-refractivity contribution in [3.63, 3.8) is 0 Å². The number of aromatic amines is 1. The highest BCUT2D eigenvalue weighted by atomic mass is 35.5. The van der Waals surface area contributed by atoms with Crippen LogP contribution in [0.25, 0.3) is 5.57 Å². The van der Waals surface area contributed by atoms with Crippen LogP contribution in [0.15, 0.2) is 63.9 Å². The summed E-state index contributed by atoms with van der Waals surface area (Å²) >= 11 is 6.61. The lowest BCUT2D eigenvalue weighted by atomic mass is 9.96. The van der Waals surface area contributed by atoms with Crippen molar-refractivity contribution in [1.29, 1.82) is 0 Å². The summed E-state index contributed by atoms with van der Waals surface area (Å²) in [5, 5.41) is 19.9. The number of fused-ring (bicyclic) bond motifs is 1. The molecule has 178 valence electrons. The average Bonchev–Trinajstić information content (AvgIpc) is 3.55.